The summed E-state index contributed by atoms with van der Waals surface area (Å²) in [6.45, 7) is 5.37. The number of likely N-dealkylation sites (N-methyl/N-ethyl adjacent to an activating group) is 7. The van der Waals surface area contributed by atoms with Crippen LogP contribution in [0.4, 0.5) is 26.3 Å². The minimum atomic E-state index is -4.82. The van der Waals surface area contributed by atoms with Crippen molar-refractivity contribution in [3.8, 4) is 5.75 Å². The van der Waals surface area contributed by atoms with Gasteiger partial charge in [-0.3, -0.25) is 57.5 Å². The molecule has 2 aromatic rings. The molecule has 1 spiro atoms. The van der Waals surface area contributed by atoms with Crippen molar-refractivity contribution in [3.63, 3.8) is 0 Å². The number of halogens is 6. The van der Waals surface area contributed by atoms with Gasteiger partial charge in [0.15, 0.2) is 0 Å². The standard InChI is InChI=1S/C78H112F6N12O14/c1-14-17-18-20-28-56-67(100)86-65(48(4)15-2)73(106)90(8)47-64(99)92(10)57-29-21-19-24-40-95(72(57)105)60(41-49-30-34-52(35-31-49)77(79,80)81)71(104)89(7)46-62(97)85-55(37-33-50-32-36-54(78(82,83)84)61(42-50)109-13)69(102)96-45-53(110-16-3)43-58(96)68(101)87-76(38-25-39-76)75(108)94(12)66(51-26-22-23-27-51)74(107)93(11)59(70(103)88(5)6)44-63(98)91(56)9/h19,21,30-32,34-36,42,48,51,53,55-60,65-66H,14-18,20,22-29,33,37-41,43-47H2,1-13H3,(H,85,97)(H,86,100)(H,87,101)/b21-19-/t48-,53+,55-,56-,57-,58-,59-,60-,65-,66-/m0/s1. The molecule has 12 amide bonds. The molecule has 32 heteroatoms. The summed E-state index contributed by atoms with van der Waals surface area (Å²) in [7, 11) is 12.0. The third-order valence-electron chi connectivity index (χ3n) is 22.5. The van der Waals surface area contributed by atoms with Crippen LogP contribution in [0.25, 0.3) is 0 Å². The van der Waals surface area contributed by atoms with Crippen molar-refractivity contribution in [2.45, 2.75) is 228 Å². The zero-order valence-electron chi connectivity index (χ0n) is 65.7. The molecule has 2 aromatic carbocycles. The van der Waals surface area contributed by atoms with E-state index in [0.29, 0.717) is 51.4 Å². The first-order valence-corrected chi connectivity index (χ1v) is 38.3. The number of aryl methyl sites for hydroxylation is 1. The van der Waals surface area contributed by atoms with Gasteiger partial charge in [-0.05, 0) is 118 Å². The fourth-order valence-corrected chi connectivity index (χ4v) is 15.5. The molecule has 7 rings (SSSR count). The lowest BCUT2D eigenvalue weighted by molar-refractivity contribution is -0.157. The molecule has 2 saturated heterocycles. The molecule has 0 unspecified atom stereocenters. The van der Waals surface area contributed by atoms with Crippen LogP contribution in [0, 0.1) is 11.8 Å². The minimum absolute atomic E-state index is 0.0879. The number of nitrogens with one attached hydrogen (secondary N) is 3. The maximum atomic E-state index is 15.6. The maximum absolute atomic E-state index is 15.6. The van der Waals surface area contributed by atoms with Crippen LogP contribution >= 0.6 is 0 Å². The van der Waals surface area contributed by atoms with Gasteiger partial charge in [0, 0.05) is 88.9 Å². The van der Waals surface area contributed by atoms with Crippen molar-refractivity contribution in [2.75, 3.05) is 96.3 Å². The van der Waals surface area contributed by atoms with E-state index in [9.17, 15) is 45.5 Å². The van der Waals surface area contributed by atoms with E-state index >= 15 is 38.4 Å². The van der Waals surface area contributed by atoms with E-state index in [4.69, 9.17) is 9.47 Å². The number of methoxy groups -OCH3 is 1. The first-order chi connectivity index (χ1) is 51.8. The lowest BCUT2D eigenvalue weighted by Crippen LogP contribution is -2.68. The molecule has 5 aliphatic rings. The lowest BCUT2D eigenvalue weighted by Gasteiger charge is -2.46. The van der Waals surface area contributed by atoms with E-state index in [-0.39, 0.29) is 82.2 Å². The van der Waals surface area contributed by atoms with Gasteiger partial charge >= 0.3 is 12.4 Å². The molecule has 3 N–H and O–H groups in total. The summed E-state index contributed by atoms with van der Waals surface area (Å²) in [5.41, 5.74) is -3.38. The fraction of sp³-hybridized carbons (Fsp3) is 0.667. The number of unbranched alkanes of at least 4 members (excludes halogenated alkanes) is 3. The van der Waals surface area contributed by atoms with Crippen molar-refractivity contribution >= 4 is 70.9 Å². The number of amides is 12. The quantitative estimate of drug-likeness (QED) is 0.0879. The molecule has 10 atom stereocenters. The fourth-order valence-electron chi connectivity index (χ4n) is 15.5. The SMILES string of the molecule is CCCCCC[C@H]1C(=O)N[C@@H]([C@@H](C)CC)C(=O)N(C)CC(=O)N(C)[C@H]2C/C=C\CCN(C2=O)[C@@H](Cc2ccc(C(F)(F)F)cc2)C(=O)N(C)CC(=O)N[C@@H](CCc2ccc(C(F)(F)F)c(OC)c2)C(=O)N2C[C@H](OCC)C[C@H]2C(=O)NC2(CCC2)C(=O)N(C)[C@@H](C2CCCC2)C(=O)N(C)[C@H](C(=O)N(C)C)CC(=O)N1C. The molecule has 2 aliphatic carbocycles. The van der Waals surface area contributed by atoms with Crippen LogP contribution in [0.5, 0.6) is 5.75 Å². The Morgan fingerprint density at radius 1 is 0.664 bits per heavy atom. The van der Waals surface area contributed by atoms with Gasteiger partial charge in [-0.2, -0.15) is 26.3 Å². The monoisotopic (exact) mass is 1550 g/mol. The number of nitrogens with zero attached hydrogens (tertiary/aromatic N) is 9. The van der Waals surface area contributed by atoms with Gasteiger partial charge in [0.25, 0.3) is 0 Å². The lowest BCUT2D eigenvalue weighted by atomic mass is 9.74. The summed E-state index contributed by atoms with van der Waals surface area (Å²) in [4.78, 5) is 192. The second-order valence-corrected chi connectivity index (χ2v) is 30.3. The zero-order chi connectivity index (χ0) is 81.4. The van der Waals surface area contributed by atoms with Gasteiger partial charge in [-0.1, -0.05) is 96.1 Å². The van der Waals surface area contributed by atoms with Crippen LogP contribution in [0.2, 0.25) is 0 Å². The van der Waals surface area contributed by atoms with Crippen LogP contribution in [-0.4, -0.2) is 271 Å². The molecular weight excluding hydrogens is 1440 g/mol. The van der Waals surface area contributed by atoms with Crippen molar-refractivity contribution in [2.24, 2.45) is 11.8 Å². The summed E-state index contributed by atoms with van der Waals surface area (Å²) in [5, 5.41) is 8.56. The second-order valence-electron chi connectivity index (χ2n) is 30.3. The molecule has 0 radical (unpaired) electrons. The van der Waals surface area contributed by atoms with Crippen molar-refractivity contribution in [3.05, 3.63) is 76.9 Å². The topological polar surface area (TPSA) is 289 Å². The smallest absolute Gasteiger partial charge is 0.419 e. The molecule has 110 heavy (non-hydrogen) atoms. The molecule has 4 fully saturated rings. The van der Waals surface area contributed by atoms with Gasteiger partial charge in [-0.15, -0.1) is 0 Å². The van der Waals surface area contributed by atoms with Crippen LogP contribution in [-0.2, 0) is 87.5 Å². The average Bonchev–Trinajstić information content (AvgIpc) is 1.42. The molecular formula is C78H112F6N12O14. The first-order valence-electron chi connectivity index (χ1n) is 38.3. The largest absolute Gasteiger partial charge is 0.496 e. The molecule has 2 bridgehead atoms. The van der Waals surface area contributed by atoms with Gasteiger partial charge < -0.3 is 69.5 Å². The highest BCUT2D eigenvalue weighted by Crippen LogP contribution is 2.40. The third-order valence-corrected chi connectivity index (χ3v) is 22.5. The number of hydrogen-bond donors (Lipinski definition) is 3. The predicted octanol–water partition coefficient (Wildman–Crippen LogP) is 6.39. The number of ether oxygens (including phenoxy) is 2. The highest BCUT2D eigenvalue weighted by Gasteiger charge is 2.54. The van der Waals surface area contributed by atoms with Gasteiger partial charge in [-0.25, -0.2) is 0 Å². The maximum Gasteiger partial charge on any atom is 0.419 e. The number of carbonyl (C=O) groups is 12. The zero-order valence-corrected chi connectivity index (χ0v) is 65.7. The van der Waals surface area contributed by atoms with E-state index < -0.39 is 198 Å². The number of hydrogen-bond acceptors (Lipinski definition) is 14. The van der Waals surface area contributed by atoms with E-state index in [0.717, 1.165) is 75.9 Å². The number of carbonyl (C=O) groups excluding carboxylic acids is 12. The molecule has 610 valence electrons. The van der Waals surface area contributed by atoms with E-state index in [1.54, 1.807) is 32.9 Å². The average molecular weight is 1560 g/mol. The number of fused-ring (bicyclic) bond motifs is 3. The number of benzene rings is 2. The van der Waals surface area contributed by atoms with Crippen LogP contribution in [0.15, 0.2) is 54.6 Å². The Balaban J connectivity index is 1.35. The van der Waals surface area contributed by atoms with Crippen LogP contribution in [0.1, 0.15) is 166 Å². The van der Waals surface area contributed by atoms with E-state index in [1.165, 1.54) is 86.9 Å². The Bertz CT molecular complexity index is 3640. The molecule has 26 nitrogen and oxygen atoms in total. The molecule has 3 aliphatic heterocycles. The Morgan fingerprint density at radius 2 is 1.32 bits per heavy atom. The Kier molecular flexibility index (Phi) is 31.2. The van der Waals surface area contributed by atoms with Gasteiger partial charge in [0.1, 0.15) is 59.6 Å². The Morgan fingerprint density at radius 3 is 1.91 bits per heavy atom. The molecule has 3 heterocycles. The Labute approximate surface area is 641 Å². The summed E-state index contributed by atoms with van der Waals surface area (Å²) in [6.07, 6.45) is -2.56. The van der Waals surface area contributed by atoms with Crippen LogP contribution < -0.4 is 20.7 Å². The van der Waals surface area contributed by atoms with Crippen LogP contribution in [0.3, 0.4) is 0 Å². The van der Waals surface area contributed by atoms with E-state index in [1.807, 2.05) is 6.92 Å². The van der Waals surface area contributed by atoms with Crippen molar-refractivity contribution in [1.82, 2.24) is 60.0 Å². The summed E-state index contributed by atoms with van der Waals surface area (Å²) in [5.74, 6) is -10.9. The minimum Gasteiger partial charge on any atom is -0.496 e. The second kappa shape index (κ2) is 38.9. The summed E-state index contributed by atoms with van der Waals surface area (Å²) in [6, 6.07) is -4.31. The normalized spacial score (nSPS) is 25.7. The number of rotatable bonds is 17. The van der Waals surface area contributed by atoms with Crippen molar-refractivity contribution < 1.29 is 93.4 Å². The Hall–Kier alpha value is -8.84. The van der Waals surface area contributed by atoms with Gasteiger partial charge in [0.05, 0.1) is 43.9 Å². The predicted molar refractivity (Wildman–Crippen MR) is 394 cm³/mol. The van der Waals surface area contributed by atoms with Gasteiger partial charge in [0.2, 0.25) is 70.9 Å². The number of alkyl halides is 6. The highest BCUT2D eigenvalue weighted by molar-refractivity contribution is 6.01. The van der Waals surface area contributed by atoms with Crippen molar-refractivity contribution in [1.29, 1.82) is 0 Å². The molecule has 2 saturated carbocycles. The summed E-state index contributed by atoms with van der Waals surface area (Å²) >= 11 is 0. The molecule has 0 aromatic heterocycles. The highest BCUT2D eigenvalue weighted by atomic mass is 19.4. The third kappa shape index (κ3) is 21.6. The summed E-state index contributed by atoms with van der Waals surface area (Å²) < 4.78 is 95.8. The van der Waals surface area contributed by atoms with E-state index in [2.05, 4.69) is 16.0 Å². The first kappa shape index (κ1) is 88.4.